The fourth-order valence-corrected chi connectivity index (χ4v) is 3.73. The topological polar surface area (TPSA) is 43.4 Å². The molecule has 2 rings (SSSR count). The lowest BCUT2D eigenvalue weighted by atomic mass is 9.99. The van der Waals surface area contributed by atoms with E-state index in [-0.39, 0.29) is 5.54 Å². The van der Waals surface area contributed by atoms with E-state index in [1.807, 2.05) is 11.3 Å². The van der Waals surface area contributed by atoms with Crippen molar-refractivity contribution in [1.29, 1.82) is 0 Å². The molecule has 4 nitrogen and oxygen atoms in total. The van der Waals surface area contributed by atoms with Crippen molar-refractivity contribution in [1.82, 2.24) is 10.3 Å². The Labute approximate surface area is 119 Å². The Balaban J connectivity index is 2.10. The van der Waals surface area contributed by atoms with Crippen molar-refractivity contribution in [2.24, 2.45) is 0 Å². The van der Waals surface area contributed by atoms with Gasteiger partial charge in [-0.05, 0) is 32.6 Å². The number of aryl methyl sites for hydroxylation is 2. The predicted octanol–water partition coefficient (Wildman–Crippen LogP) is 2.12. The van der Waals surface area contributed by atoms with Gasteiger partial charge in [0.1, 0.15) is 5.01 Å². The Morgan fingerprint density at radius 2 is 2.05 bits per heavy atom. The van der Waals surface area contributed by atoms with Crippen LogP contribution in [-0.2, 0) is 27.9 Å². The number of aromatic nitrogens is 1. The lowest BCUT2D eigenvalue weighted by Gasteiger charge is -2.29. The van der Waals surface area contributed by atoms with E-state index in [1.165, 1.54) is 28.4 Å². The smallest absolute Gasteiger partial charge is 0.113 e. The van der Waals surface area contributed by atoms with E-state index in [4.69, 9.17) is 14.5 Å². The normalized spacial score (nSPS) is 17.4. The van der Waals surface area contributed by atoms with Crippen molar-refractivity contribution >= 4 is 11.3 Å². The van der Waals surface area contributed by atoms with Crippen LogP contribution in [0.25, 0.3) is 0 Å². The van der Waals surface area contributed by atoms with Gasteiger partial charge in [0.2, 0.25) is 0 Å². The van der Waals surface area contributed by atoms with Crippen molar-refractivity contribution < 1.29 is 9.47 Å². The Hall–Kier alpha value is -0.490. The van der Waals surface area contributed by atoms with Gasteiger partial charge in [-0.2, -0.15) is 0 Å². The summed E-state index contributed by atoms with van der Waals surface area (Å²) >= 11 is 1.87. The highest BCUT2D eigenvalue weighted by molar-refractivity contribution is 7.12. The van der Waals surface area contributed by atoms with Crippen LogP contribution < -0.4 is 5.32 Å². The lowest BCUT2D eigenvalue weighted by molar-refractivity contribution is 0.146. The number of thiazole rings is 1. The monoisotopic (exact) mass is 284 g/mol. The molecule has 19 heavy (non-hydrogen) atoms. The van der Waals surface area contributed by atoms with Crippen molar-refractivity contribution in [2.45, 2.75) is 38.1 Å². The first-order chi connectivity index (χ1) is 9.19. The second kappa shape index (κ2) is 6.79. The first kappa shape index (κ1) is 14.9. The average Bonchev–Trinajstić information content (AvgIpc) is 2.97. The third-order valence-corrected chi connectivity index (χ3v) is 5.12. The lowest BCUT2D eigenvalue weighted by Crippen LogP contribution is -2.42. The minimum atomic E-state index is -0.108. The van der Waals surface area contributed by atoms with E-state index >= 15 is 0 Å². The molecule has 0 aliphatic heterocycles. The fourth-order valence-electron chi connectivity index (χ4n) is 2.43. The zero-order valence-corrected chi connectivity index (χ0v) is 12.9. The van der Waals surface area contributed by atoms with E-state index < -0.39 is 0 Å². The summed E-state index contributed by atoms with van der Waals surface area (Å²) in [5, 5.41) is 4.78. The number of fused-ring (bicyclic) bond motifs is 1. The Morgan fingerprint density at radius 3 is 2.74 bits per heavy atom. The molecule has 1 aliphatic rings. The molecule has 0 amide bonds. The summed E-state index contributed by atoms with van der Waals surface area (Å²) in [7, 11) is 3.48. The highest BCUT2D eigenvalue weighted by Crippen LogP contribution is 2.34. The van der Waals surface area contributed by atoms with Crippen LogP contribution in [0.5, 0.6) is 0 Å². The third kappa shape index (κ3) is 3.54. The van der Waals surface area contributed by atoms with Crippen LogP contribution in [0.3, 0.4) is 0 Å². The highest BCUT2D eigenvalue weighted by atomic mass is 32.1. The first-order valence-corrected chi connectivity index (χ1v) is 7.73. The number of hydrogen-bond acceptors (Lipinski definition) is 5. The number of hydrogen-bond donors (Lipinski definition) is 1. The van der Waals surface area contributed by atoms with Crippen molar-refractivity contribution in [3.05, 3.63) is 15.6 Å². The van der Waals surface area contributed by atoms with E-state index in [0.29, 0.717) is 6.61 Å². The maximum absolute atomic E-state index is 5.25. The highest BCUT2D eigenvalue weighted by Gasteiger charge is 2.31. The Bertz CT molecular complexity index is 387. The molecule has 0 bridgehead atoms. The molecule has 108 valence electrons. The third-order valence-electron chi connectivity index (χ3n) is 3.70. The summed E-state index contributed by atoms with van der Waals surface area (Å²) in [5.74, 6) is 0. The van der Waals surface area contributed by atoms with E-state index in [0.717, 1.165) is 26.0 Å². The summed E-state index contributed by atoms with van der Waals surface area (Å²) in [6.45, 7) is 4.50. The van der Waals surface area contributed by atoms with Crippen LogP contribution in [0.15, 0.2) is 0 Å². The van der Waals surface area contributed by atoms with E-state index in [9.17, 15) is 0 Å². The van der Waals surface area contributed by atoms with E-state index in [1.54, 1.807) is 14.2 Å². The number of nitrogens with zero attached hydrogens (tertiary/aromatic N) is 1. The largest absolute Gasteiger partial charge is 0.385 e. The molecule has 0 radical (unpaired) electrons. The predicted molar refractivity (Wildman–Crippen MR) is 77.9 cm³/mol. The average molecular weight is 284 g/mol. The number of nitrogens with one attached hydrogen (secondary N) is 1. The zero-order valence-electron chi connectivity index (χ0n) is 12.1. The molecule has 5 heteroatoms. The molecule has 1 heterocycles. The summed E-state index contributed by atoms with van der Waals surface area (Å²) in [6, 6.07) is 0. The molecule has 1 unspecified atom stereocenters. The van der Waals surface area contributed by atoms with Gasteiger partial charge >= 0.3 is 0 Å². The summed E-state index contributed by atoms with van der Waals surface area (Å²) < 4.78 is 10.4. The first-order valence-electron chi connectivity index (χ1n) is 6.91. The Kier molecular flexibility index (Phi) is 5.33. The van der Waals surface area contributed by atoms with Gasteiger partial charge in [-0.25, -0.2) is 4.98 Å². The molecular formula is C14H24N2O2S. The van der Waals surface area contributed by atoms with Crippen LogP contribution in [0, 0.1) is 0 Å². The quantitative estimate of drug-likeness (QED) is 0.743. The van der Waals surface area contributed by atoms with Gasteiger partial charge in [0.05, 0.1) is 17.8 Å². The van der Waals surface area contributed by atoms with Gasteiger partial charge in [0.25, 0.3) is 0 Å². The minimum absolute atomic E-state index is 0.108. The summed E-state index contributed by atoms with van der Waals surface area (Å²) in [6.07, 6.45) is 4.54. The summed E-state index contributed by atoms with van der Waals surface area (Å²) in [5.41, 5.74) is 1.21. The molecular weight excluding hydrogens is 260 g/mol. The SMILES string of the molecule is COCCNC(C)(CCOC)c1nc2c(s1)CCC2. The molecule has 0 fully saturated rings. The van der Waals surface area contributed by atoms with Crippen molar-refractivity contribution in [2.75, 3.05) is 34.0 Å². The van der Waals surface area contributed by atoms with Crippen LogP contribution in [0.1, 0.15) is 35.3 Å². The molecule has 0 saturated heterocycles. The van der Waals surface area contributed by atoms with Gasteiger partial charge in [-0.3, -0.25) is 0 Å². The van der Waals surface area contributed by atoms with Crippen LogP contribution in [0.2, 0.25) is 0 Å². The molecule has 1 aliphatic carbocycles. The maximum atomic E-state index is 5.25. The van der Waals surface area contributed by atoms with Gasteiger partial charge in [-0.1, -0.05) is 0 Å². The zero-order chi connectivity index (χ0) is 13.7. The maximum Gasteiger partial charge on any atom is 0.113 e. The number of methoxy groups -OCH3 is 2. The second-order valence-electron chi connectivity index (χ2n) is 5.24. The minimum Gasteiger partial charge on any atom is -0.385 e. The second-order valence-corrected chi connectivity index (χ2v) is 6.32. The van der Waals surface area contributed by atoms with Gasteiger partial charge in [0.15, 0.2) is 0 Å². The van der Waals surface area contributed by atoms with Crippen LogP contribution in [0.4, 0.5) is 0 Å². The van der Waals surface area contributed by atoms with Gasteiger partial charge in [-0.15, -0.1) is 11.3 Å². The fraction of sp³-hybridized carbons (Fsp3) is 0.786. The molecule has 0 spiro atoms. The molecule has 0 saturated carbocycles. The van der Waals surface area contributed by atoms with Crippen molar-refractivity contribution in [3.63, 3.8) is 0 Å². The molecule has 1 N–H and O–H groups in total. The van der Waals surface area contributed by atoms with Crippen LogP contribution in [-0.4, -0.2) is 39.0 Å². The van der Waals surface area contributed by atoms with Crippen molar-refractivity contribution in [3.8, 4) is 0 Å². The molecule has 0 aromatic carbocycles. The van der Waals surface area contributed by atoms with Gasteiger partial charge < -0.3 is 14.8 Å². The number of rotatable bonds is 8. The molecule has 1 aromatic heterocycles. The molecule has 1 atom stereocenters. The van der Waals surface area contributed by atoms with Crippen LogP contribution >= 0.6 is 11.3 Å². The standard InChI is InChI=1S/C14H24N2O2S/c1-14(7-9-17-2,15-8-10-18-3)13-16-11-5-4-6-12(11)19-13/h15H,4-10H2,1-3H3. The van der Waals surface area contributed by atoms with Gasteiger partial charge in [0, 0.05) is 32.2 Å². The number of ether oxygens (including phenoxy) is 2. The van der Waals surface area contributed by atoms with E-state index in [2.05, 4.69) is 12.2 Å². The molecule has 1 aromatic rings. The Morgan fingerprint density at radius 1 is 1.26 bits per heavy atom. The summed E-state index contributed by atoms with van der Waals surface area (Å²) in [4.78, 5) is 6.33.